The van der Waals surface area contributed by atoms with Crippen molar-refractivity contribution in [2.75, 3.05) is 13.1 Å². The van der Waals surface area contributed by atoms with Crippen molar-refractivity contribution in [3.8, 4) is 0 Å². The second-order valence-corrected chi connectivity index (χ2v) is 8.24. The lowest BCUT2D eigenvalue weighted by Gasteiger charge is -2.27. The number of nitrogens with zero attached hydrogens (tertiary/aromatic N) is 2. The third-order valence-corrected chi connectivity index (χ3v) is 5.96. The molecule has 7 heteroatoms. The van der Waals surface area contributed by atoms with Crippen molar-refractivity contribution in [1.82, 2.24) is 14.6 Å². The summed E-state index contributed by atoms with van der Waals surface area (Å²) in [6.45, 7) is 3.39. The van der Waals surface area contributed by atoms with E-state index in [2.05, 4.69) is 9.71 Å². The lowest BCUT2D eigenvalue weighted by Crippen LogP contribution is -2.36. The number of nitrogens with one attached hydrogen (secondary N) is 1. The molecule has 1 fully saturated rings. The molecule has 0 bridgehead atoms. The first-order valence-electron chi connectivity index (χ1n) is 8.77. The Morgan fingerprint density at radius 3 is 2.62 bits per heavy atom. The first-order chi connectivity index (χ1) is 12.5. The number of amides is 1. The van der Waals surface area contributed by atoms with Crippen LogP contribution in [0.5, 0.6) is 0 Å². The number of aryl methyl sites for hydroxylation is 1. The number of sulfonamides is 1. The molecule has 0 saturated carbocycles. The first-order valence-corrected chi connectivity index (χ1v) is 10.3. The number of piperidine rings is 1. The van der Waals surface area contributed by atoms with Gasteiger partial charge in [-0.25, -0.2) is 13.1 Å². The minimum Gasteiger partial charge on any atom is -0.339 e. The number of pyridine rings is 1. The number of hydrogen-bond donors (Lipinski definition) is 1. The highest BCUT2D eigenvalue weighted by molar-refractivity contribution is 7.89. The minimum atomic E-state index is -3.72. The van der Waals surface area contributed by atoms with Crippen LogP contribution in [-0.4, -0.2) is 37.3 Å². The normalized spacial score (nSPS) is 15.0. The molecule has 2 heterocycles. The molecular weight excluding hydrogens is 350 g/mol. The Morgan fingerprint density at radius 1 is 1.15 bits per heavy atom. The standard InChI is InChI=1S/C19H23N3O3S/c1-15-8-9-17(13-18(15)19(23)22-11-5-2-6-12-22)26(24,25)21-14-16-7-3-4-10-20-16/h3-4,7-10,13,21H,2,5-6,11-12,14H2,1H3. The van der Waals surface area contributed by atoms with Gasteiger partial charge in [-0.3, -0.25) is 9.78 Å². The predicted octanol–water partition coefficient (Wildman–Crippen LogP) is 2.49. The van der Waals surface area contributed by atoms with Gasteiger partial charge in [0.05, 0.1) is 17.1 Å². The first kappa shape index (κ1) is 18.5. The maximum absolute atomic E-state index is 12.8. The number of carbonyl (C=O) groups is 1. The highest BCUT2D eigenvalue weighted by Gasteiger charge is 2.22. The van der Waals surface area contributed by atoms with Crippen molar-refractivity contribution in [3.63, 3.8) is 0 Å². The van der Waals surface area contributed by atoms with Crippen molar-refractivity contribution >= 4 is 15.9 Å². The topological polar surface area (TPSA) is 79.4 Å². The zero-order valence-electron chi connectivity index (χ0n) is 14.8. The van der Waals surface area contributed by atoms with E-state index < -0.39 is 10.0 Å². The molecule has 1 aromatic carbocycles. The SMILES string of the molecule is Cc1ccc(S(=O)(=O)NCc2ccccn2)cc1C(=O)N1CCCCC1. The number of carbonyl (C=O) groups excluding carboxylic acids is 1. The average molecular weight is 373 g/mol. The van der Waals surface area contributed by atoms with Crippen LogP contribution < -0.4 is 4.72 Å². The number of hydrogen-bond acceptors (Lipinski definition) is 4. The third kappa shape index (κ3) is 4.28. The maximum atomic E-state index is 12.8. The van der Waals surface area contributed by atoms with Crippen LogP contribution in [0.1, 0.15) is 40.9 Å². The lowest BCUT2D eigenvalue weighted by atomic mass is 10.1. The fourth-order valence-electron chi connectivity index (χ4n) is 3.02. The molecule has 1 amide bonds. The summed E-state index contributed by atoms with van der Waals surface area (Å²) in [5.74, 6) is -0.0935. The van der Waals surface area contributed by atoms with Gasteiger partial charge >= 0.3 is 0 Å². The third-order valence-electron chi connectivity index (χ3n) is 4.56. The molecular formula is C19H23N3O3S. The number of aromatic nitrogens is 1. The van der Waals surface area contributed by atoms with Gasteiger partial charge in [-0.2, -0.15) is 0 Å². The molecule has 1 aliphatic heterocycles. The quantitative estimate of drug-likeness (QED) is 0.873. The van der Waals surface area contributed by atoms with Gasteiger partial charge in [-0.05, 0) is 56.0 Å². The minimum absolute atomic E-state index is 0.0935. The molecule has 1 N–H and O–H groups in total. The molecule has 2 aromatic rings. The van der Waals surface area contributed by atoms with E-state index in [4.69, 9.17) is 0 Å². The zero-order valence-corrected chi connectivity index (χ0v) is 15.6. The molecule has 1 saturated heterocycles. The Labute approximate surface area is 154 Å². The van der Waals surface area contributed by atoms with Crippen LogP contribution in [0.4, 0.5) is 0 Å². The summed E-state index contributed by atoms with van der Waals surface area (Å²) in [7, 11) is -3.72. The van der Waals surface area contributed by atoms with E-state index in [9.17, 15) is 13.2 Å². The molecule has 0 spiro atoms. The smallest absolute Gasteiger partial charge is 0.254 e. The van der Waals surface area contributed by atoms with Gasteiger partial charge in [-0.15, -0.1) is 0 Å². The molecule has 0 unspecified atom stereocenters. The van der Waals surface area contributed by atoms with Gasteiger partial charge in [0.2, 0.25) is 10.0 Å². The number of rotatable bonds is 5. The Balaban J connectivity index is 1.80. The van der Waals surface area contributed by atoms with E-state index >= 15 is 0 Å². The van der Waals surface area contributed by atoms with Crippen molar-refractivity contribution in [2.24, 2.45) is 0 Å². The van der Waals surface area contributed by atoms with Crippen LogP contribution in [-0.2, 0) is 16.6 Å². The zero-order chi connectivity index (χ0) is 18.6. The van der Waals surface area contributed by atoms with Crippen LogP contribution in [0.3, 0.4) is 0 Å². The maximum Gasteiger partial charge on any atom is 0.254 e. The summed E-state index contributed by atoms with van der Waals surface area (Å²) >= 11 is 0. The molecule has 26 heavy (non-hydrogen) atoms. The molecule has 138 valence electrons. The lowest BCUT2D eigenvalue weighted by molar-refractivity contribution is 0.0723. The second-order valence-electron chi connectivity index (χ2n) is 6.48. The molecule has 1 aliphatic rings. The molecule has 3 rings (SSSR count). The van der Waals surface area contributed by atoms with Crippen molar-refractivity contribution in [2.45, 2.75) is 37.6 Å². The summed E-state index contributed by atoms with van der Waals surface area (Å²) < 4.78 is 27.7. The van der Waals surface area contributed by atoms with E-state index in [0.717, 1.165) is 37.9 Å². The largest absolute Gasteiger partial charge is 0.339 e. The molecule has 0 radical (unpaired) electrons. The van der Waals surface area contributed by atoms with Gasteiger partial charge < -0.3 is 4.90 Å². The summed E-state index contributed by atoms with van der Waals surface area (Å²) in [5, 5.41) is 0. The van der Waals surface area contributed by atoms with Gasteiger partial charge in [-0.1, -0.05) is 12.1 Å². The van der Waals surface area contributed by atoms with Crippen LogP contribution in [0, 0.1) is 6.92 Å². The van der Waals surface area contributed by atoms with Crippen molar-refractivity contribution < 1.29 is 13.2 Å². The number of likely N-dealkylation sites (tertiary alicyclic amines) is 1. The number of benzene rings is 1. The van der Waals surface area contributed by atoms with Crippen molar-refractivity contribution in [3.05, 3.63) is 59.4 Å². The van der Waals surface area contributed by atoms with E-state index in [0.29, 0.717) is 11.3 Å². The van der Waals surface area contributed by atoms with E-state index in [-0.39, 0.29) is 17.3 Å². The van der Waals surface area contributed by atoms with Crippen LogP contribution >= 0.6 is 0 Å². The fourth-order valence-corrected chi connectivity index (χ4v) is 4.05. The van der Waals surface area contributed by atoms with E-state index in [1.54, 1.807) is 30.5 Å². The summed E-state index contributed by atoms with van der Waals surface area (Å²) in [6.07, 6.45) is 4.74. The summed E-state index contributed by atoms with van der Waals surface area (Å²) in [4.78, 5) is 18.8. The second kappa shape index (κ2) is 7.97. The van der Waals surface area contributed by atoms with E-state index in [1.807, 2.05) is 11.8 Å². The van der Waals surface area contributed by atoms with Gasteiger partial charge in [0, 0.05) is 24.8 Å². The highest BCUT2D eigenvalue weighted by Crippen LogP contribution is 2.20. The highest BCUT2D eigenvalue weighted by atomic mass is 32.2. The molecule has 0 atom stereocenters. The van der Waals surface area contributed by atoms with Crippen LogP contribution in [0.2, 0.25) is 0 Å². The summed E-state index contributed by atoms with van der Waals surface area (Å²) in [5.41, 5.74) is 1.87. The average Bonchev–Trinajstić information content (AvgIpc) is 2.68. The van der Waals surface area contributed by atoms with Crippen LogP contribution in [0.25, 0.3) is 0 Å². The predicted molar refractivity (Wildman–Crippen MR) is 99.2 cm³/mol. The van der Waals surface area contributed by atoms with Crippen LogP contribution in [0.15, 0.2) is 47.5 Å². The molecule has 0 aliphatic carbocycles. The van der Waals surface area contributed by atoms with Gasteiger partial charge in [0.15, 0.2) is 0 Å². The van der Waals surface area contributed by atoms with E-state index in [1.165, 1.54) is 12.1 Å². The fraction of sp³-hybridized carbons (Fsp3) is 0.368. The summed E-state index contributed by atoms with van der Waals surface area (Å²) in [6, 6.07) is 10.0. The van der Waals surface area contributed by atoms with Gasteiger partial charge in [0.1, 0.15) is 0 Å². The monoisotopic (exact) mass is 373 g/mol. The Hall–Kier alpha value is -2.25. The van der Waals surface area contributed by atoms with Crippen molar-refractivity contribution in [1.29, 1.82) is 0 Å². The Kier molecular flexibility index (Phi) is 5.68. The molecule has 1 aromatic heterocycles. The Bertz CT molecular complexity index is 876. The molecule has 6 nitrogen and oxygen atoms in total. The Morgan fingerprint density at radius 2 is 1.92 bits per heavy atom. The van der Waals surface area contributed by atoms with Gasteiger partial charge in [0.25, 0.3) is 5.91 Å².